The van der Waals surface area contributed by atoms with E-state index in [0.717, 1.165) is 36.7 Å². The average Bonchev–Trinajstić information content (AvgIpc) is 2.98. The molecule has 3 nitrogen and oxygen atoms in total. The maximum Gasteiger partial charge on any atom is 0.261 e. The Kier molecular flexibility index (Phi) is 5.42. The number of nitrogens with one attached hydrogen (secondary N) is 1. The van der Waals surface area contributed by atoms with E-state index < -0.39 is 0 Å². The summed E-state index contributed by atoms with van der Waals surface area (Å²) < 4.78 is 0. The van der Waals surface area contributed by atoms with E-state index in [4.69, 9.17) is 0 Å². The summed E-state index contributed by atoms with van der Waals surface area (Å²) in [4.78, 5) is 17.5. The molecule has 1 aliphatic heterocycles. The zero-order chi connectivity index (χ0) is 16.4. The van der Waals surface area contributed by atoms with Crippen molar-refractivity contribution in [2.75, 3.05) is 13.1 Å². The fourth-order valence-corrected chi connectivity index (χ4v) is 4.99. The number of aryl methyl sites for hydroxylation is 1. The van der Waals surface area contributed by atoms with Crippen LogP contribution in [0, 0.1) is 5.92 Å². The minimum absolute atomic E-state index is 0.153. The first-order chi connectivity index (χ1) is 11.1. The molecule has 1 aliphatic carbocycles. The Bertz CT molecular complexity index is 544. The second-order valence-corrected chi connectivity index (χ2v) is 8.59. The Balaban J connectivity index is 1.56. The first kappa shape index (κ1) is 17.0. The van der Waals surface area contributed by atoms with Gasteiger partial charge in [0.2, 0.25) is 0 Å². The molecule has 1 aromatic heterocycles. The number of carbonyl (C=O) groups is 1. The van der Waals surface area contributed by atoms with Crippen LogP contribution in [-0.2, 0) is 12.8 Å². The third kappa shape index (κ3) is 3.97. The van der Waals surface area contributed by atoms with Gasteiger partial charge in [0.05, 0.1) is 4.88 Å². The van der Waals surface area contributed by atoms with Crippen molar-refractivity contribution >= 4 is 17.2 Å². The third-order valence-corrected chi connectivity index (χ3v) is 6.82. The van der Waals surface area contributed by atoms with Crippen molar-refractivity contribution in [3.8, 4) is 0 Å². The van der Waals surface area contributed by atoms with E-state index in [1.165, 1.54) is 36.1 Å². The lowest BCUT2D eigenvalue weighted by Crippen LogP contribution is -2.46. The van der Waals surface area contributed by atoms with Gasteiger partial charge in [-0.3, -0.25) is 4.79 Å². The Labute approximate surface area is 144 Å². The molecule has 1 saturated heterocycles. The van der Waals surface area contributed by atoms with Gasteiger partial charge >= 0.3 is 0 Å². The van der Waals surface area contributed by atoms with Crippen molar-refractivity contribution in [3.05, 3.63) is 21.4 Å². The third-order valence-electron chi connectivity index (χ3n) is 5.58. The van der Waals surface area contributed by atoms with Crippen LogP contribution in [-0.4, -0.2) is 36.0 Å². The molecular weight excluding hydrogens is 304 g/mol. The maximum atomic E-state index is 12.6. The molecule has 1 atom stereocenters. The number of hydrogen-bond donors (Lipinski definition) is 1. The summed E-state index contributed by atoms with van der Waals surface area (Å²) in [6.45, 7) is 8.97. The van der Waals surface area contributed by atoms with Gasteiger partial charge in [0.25, 0.3) is 5.91 Å². The van der Waals surface area contributed by atoms with Crippen LogP contribution in [0.3, 0.4) is 0 Å². The van der Waals surface area contributed by atoms with Crippen molar-refractivity contribution in [1.29, 1.82) is 0 Å². The van der Waals surface area contributed by atoms with E-state index in [0.29, 0.717) is 12.1 Å². The number of amides is 1. The lowest BCUT2D eigenvalue weighted by atomic mass is 9.87. The molecular formula is C19H30N2OS. The maximum absolute atomic E-state index is 12.6. The largest absolute Gasteiger partial charge is 0.349 e. The van der Waals surface area contributed by atoms with Crippen molar-refractivity contribution < 1.29 is 4.79 Å². The monoisotopic (exact) mass is 334 g/mol. The van der Waals surface area contributed by atoms with Crippen LogP contribution >= 0.6 is 11.3 Å². The molecule has 0 unspecified atom stereocenters. The standard InChI is InChI=1S/C19H30N2OS/c1-4-14-5-6-17-15(11-14)12-18(23-17)19(22)20-16-7-9-21(10-8-16)13(2)3/h12-14,16H,4-11H2,1-3H3,(H,20,22)/t14-/m1/s1. The van der Waals surface area contributed by atoms with Crippen LogP contribution in [0.1, 0.15) is 66.6 Å². The number of carbonyl (C=O) groups excluding carboxylic acids is 1. The molecule has 1 aromatic rings. The molecule has 128 valence electrons. The van der Waals surface area contributed by atoms with Gasteiger partial charge in [-0.15, -0.1) is 11.3 Å². The smallest absolute Gasteiger partial charge is 0.261 e. The summed E-state index contributed by atoms with van der Waals surface area (Å²) in [6.07, 6.45) is 7.03. The summed E-state index contributed by atoms with van der Waals surface area (Å²) in [6, 6.07) is 3.13. The molecule has 2 heterocycles. The van der Waals surface area contributed by atoms with Gasteiger partial charge in [-0.05, 0) is 63.5 Å². The summed E-state index contributed by atoms with van der Waals surface area (Å²) in [5.74, 6) is 0.966. The molecule has 1 N–H and O–H groups in total. The van der Waals surface area contributed by atoms with Gasteiger partial charge < -0.3 is 10.2 Å². The molecule has 0 spiro atoms. The van der Waals surface area contributed by atoms with Crippen molar-refractivity contribution in [2.45, 2.75) is 71.4 Å². The van der Waals surface area contributed by atoms with Gasteiger partial charge in [0.1, 0.15) is 0 Å². The fourth-order valence-electron chi connectivity index (χ4n) is 3.88. The number of likely N-dealkylation sites (tertiary alicyclic amines) is 1. The molecule has 1 fully saturated rings. The topological polar surface area (TPSA) is 32.3 Å². The normalized spacial score (nSPS) is 23.0. The second kappa shape index (κ2) is 7.35. The Morgan fingerprint density at radius 1 is 1.35 bits per heavy atom. The van der Waals surface area contributed by atoms with E-state index in [9.17, 15) is 4.79 Å². The summed E-state index contributed by atoms with van der Waals surface area (Å²) >= 11 is 1.73. The van der Waals surface area contributed by atoms with Gasteiger partial charge in [0.15, 0.2) is 0 Å². The molecule has 4 heteroatoms. The van der Waals surface area contributed by atoms with E-state index in [1.54, 1.807) is 11.3 Å². The molecule has 0 radical (unpaired) electrons. The van der Waals surface area contributed by atoms with Crippen LogP contribution < -0.4 is 5.32 Å². The highest BCUT2D eigenvalue weighted by Crippen LogP contribution is 2.33. The molecule has 2 aliphatic rings. The van der Waals surface area contributed by atoms with Crippen LogP contribution in [0.4, 0.5) is 0 Å². The van der Waals surface area contributed by atoms with Crippen LogP contribution in [0.25, 0.3) is 0 Å². The second-order valence-electron chi connectivity index (χ2n) is 7.45. The van der Waals surface area contributed by atoms with Gasteiger partial charge in [-0.25, -0.2) is 0 Å². The molecule has 23 heavy (non-hydrogen) atoms. The Morgan fingerprint density at radius 2 is 2.09 bits per heavy atom. The number of piperidine rings is 1. The van der Waals surface area contributed by atoms with E-state index in [1.807, 2.05) is 0 Å². The molecule has 0 saturated carbocycles. The van der Waals surface area contributed by atoms with Crippen LogP contribution in [0.5, 0.6) is 0 Å². The highest BCUT2D eigenvalue weighted by molar-refractivity contribution is 7.14. The zero-order valence-electron chi connectivity index (χ0n) is 14.7. The van der Waals surface area contributed by atoms with Gasteiger partial charge in [-0.2, -0.15) is 0 Å². The Hall–Kier alpha value is -0.870. The summed E-state index contributed by atoms with van der Waals surface area (Å²) in [5.41, 5.74) is 1.44. The highest BCUT2D eigenvalue weighted by atomic mass is 32.1. The molecule has 1 amide bonds. The highest BCUT2D eigenvalue weighted by Gasteiger charge is 2.25. The Morgan fingerprint density at radius 3 is 2.74 bits per heavy atom. The van der Waals surface area contributed by atoms with Crippen molar-refractivity contribution in [1.82, 2.24) is 10.2 Å². The average molecular weight is 335 g/mol. The number of thiophene rings is 1. The van der Waals surface area contributed by atoms with Crippen molar-refractivity contribution in [3.63, 3.8) is 0 Å². The molecule has 3 rings (SSSR count). The minimum atomic E-state index is 0.153. The van der Waals surface area contributed by atoms with Crippen LogP contribution in [0.15, 0.2) is 6.07 Å². The number of rotatable bonds is 4. The molecule has 0 bridgehead atoms. The minimum Gasteiger partial charge on any atom is -0.349 e. The van der Waals surface area contributed by atoms with E-state index in [-0.39, 0.29) is 5.91 Å². The summed E-state index contributed by atoms with van der Waals surface area (Å²) in [7, 11) is 0. The van der Waals surface area contributed by atoms with E-state index >= 15 is 0 Å². The quantitative estimate of drug-likeness (QED) is 0.906. The summed E-state index contributed by atoms with van der Waals surface area (Å²) in [5, 5.41) is 3.27. The fraction of sp³-hybridized carbons (Fsp3) is 0.737. The first-order valence-corrected chi connectivity index (χ1v) is 10.0. The number of nitrogens with zero attached hydrogens (tertiary/aromatic N) is 1. The SMILES string of the molecule is CC[C@@H]1CCc2sc(C(=O)NC3CCN(C(C)C)CC3)cc2C1. The van der Waals surface area contributed by atoms with Crippen LogP contribution in [0.2, 0.25) is 0 Å². The zero-order valence-corrected chi connectivity index (χ0v) is 15.5. The predicted molar refractivity (Wildman–Crippen MR) is 97.3 cm³/mol. The van der Waals surface area contributed by atoms with Gasteiger partial charge in [0, 0.05) is 30.1 Å². The predicted octanol–water partition coefficient (Wildman–Crippen LogP) is 3.87. The number of hydrogen-bond acceptors (Lipinski definition) is 3. The van der Waals surface area contributed by atoms with Gasteiger partial charge in [-0.1, -0.05) is 13.3 Å². The molecule has 0 aromatic carbocycles. The lowest BCUT2D eigenvalue weighted by molar-refractivity contribution is 0.0904. The van der Waals surface area contributed by atoms with Crippen molar-refractivity contribution in [2.24, 2.45) is 5.92 Å². The van der Waals surface area contributed by atoms with E-state index in [2.05, 4.69) is 37.1 Å². The lowest BCUT2D eigenvalue weighted by Gasteiger charge is -2.34. The first-order valence-electron chi connectivity index (χ1n) is 9.23. The number of fused-ring (bicyclic) bond motifs is 1.